The number of benzene rings is 1. The van der Waals surface area contributed by atoms with Crippen LogP contribution in [0, 0.1) is 5.92 Å². The second-order valence-corrected chi connectivity index (χ2v) is 4.77. The number of pyridine rings is 1. The fourth-order valence-electron chi connectivity index (χ4n) is 2.01. The third-order valence-electron chi connectivity index (χ3n) is 3.09. The fourth-order valence-corrected chi connectivity index (χ4v) is 2.01. The number of aromatic nitrogens is 1. The van der Waals surface area contributed by atoms with E-state index in [0.717, 1.165) is 10.8 Å². The molecule has 1 N–H and O–H groups in total. The van der Waals surface area contributed by atoms with Crippen molar-refractivity contribution < 1.29 is 9.53 Å². The van der Waals surface area contributed by atoms with Gasteiger partial charge >= 0.3 is 5.97 Å². The van der Waals surface area contributed by atoms with Crippen LogP contribution in [0.1, 0.15) is 13.8 Å². The van der Waals surface area contributed by atoms with E-state index in [1.807, 2.05) is 44.2 Å². The number of esters is 1. The van der Waals surface area contributed by atoms with Gasteiger partial charge in [-0.05, 0) is 17.4 Å². The second-order valence-electron chi connectivity index (χ2n) is 4.77. The predicted molar refractivity (Wildman–Crippen MR) is 76.0 cm³/mol. The predicted octanol–water partition coefficient (Wildman–Crippen LogP) is 2.84. The van der Waals surface area contributed by atoms with E-state index in [4.69, 9.17) is 4.74 Å². The van der Waals surface area contributed by atoms with Crippen molar-refractivity contribution in [3.8, 4) is 0 Å². The van der Waals surface area contributed by atoms with Gasteiger partial charge in [0, 0.05) is 11.6 Å². The van der Waals surface area contributed by atoms with Gasteiger partial charge < -0.3 is 10.1 Å². The summed E-state index contributed by atoms with van der Waals surface area (Å²) in [6.07, 6.45) is 1.74. The maximum absolute atomic E-state index is 11.8. The third kappa shape index (κ3) is 2.84. The van der Waals surface area contributed by atoms with E-state index < -0.39 is 6.04 Å². The highest BCUT2D eigenvalue weighted by Crippen LogP contribution is 2.22. The van der Waals surface area contributed by atoms with Crippen molar-refractivity contribution in [1.29, 1.82) is 0 Å². The number of nitrogens with zero attached hydrogens (tertiary/aromatic N) is 1. The molecule has 0 radical (unpaired) electrons. The Morgan fingerprint density at radius 3 is 2.68 bits per heavy atom. The minimum absolute atomic E-state index is 0.119. The van der Waals surface area contributed by atoms with Gasteiger partial charge in [-0.3, -0.25) is 0 Å². The zero-order valence-electron chi connectivity index (χ0n) is 11.4. The minimum Gasteiger partial charge on any atom is -0.467 e. The highest BCUT2D eigenvalue weighted by molar-refractivity contribution is 5.93. The van der Waals surface area contributed by atoms with Crippen LogP contribution in [0.4, 0.5) is 5.82 Å². The largest absolute Gasteiger partial charge is 0.467 e. The smallest absolute Gasteiger partial charge is 0.328 e. The van der Waals surface area contributed by atoms with Gasteiger partial charge in [0.2, 0.25) is 0 Å². The van der Waals surface area contributed by atoms with E-state index in [9.17, 15) is 4.79 Å². The average Bonchev–Trinajstić information content (AvgIpc) is 2.43. The maximum atomic E-state index is 11.8. The molecule has 100 valence electrons. The summed E-state index contributed by atoms with van der Waals surface area (Å²) in [7, 11) is 1.40. The van der Waals surface area contributed by atoms with Crippen LogP contribution in [0.15, 0.2) is 36.5 Å². The first-order valence-electron chi connectivity index (χ1n) is 6.31. The zero-order chi connectivity index (χ0) is 13.8. The first-order chi connectivity index (χ1) is 9.13. The Kier molecular flexibility index (Phi) is 4.00. The summed E-state index contributed by atoms with van der Waals surface area (Å²) < 4.78 is 4.83. The van der Waals surface area contributed by atoms with Crippen molar-refractivity contribution in [2.45, 2.75) is 19.9 Å². The van der Waals surface area contributed by atoms with Crippen LogP contribution in [0.5, 0.6) is 0 Å². The van der Waals surface area contributed by atoms with Crippen LogP contribution < -0.4 is 5.32 Å². The van der Waals surface area contributed by atoms with Gasteiger partial charge in [-0.1, -0.05) is 38.1 Å². The first-order valence-corrected chi connectivity index (χ1v) is 6.31. The molecule has 0 saturated carbocycles. The molecule has 4 heteroatoms. The number of carbonyl (C=O) groups is 1. The van der Waals surface area contributed by atoms with Gasteiger partial charge in [0.15, 0.2) is 0 Å². The van der Waals surface area contributed by atoms with Crippen molar-refractivity contribution in [3.05, 3.63) is 36.5 Å². The van der Waals surface area contributed by atoms with Gasteiger partial charge in [0.25, 0.3) is 0 Å². The monoisotopic (exact) mass is 258 g/mol. The number of hydrogen-bond acceptors (Lipinski definition) is 4. The van der Waals surface area contributed by atoms with Crippen molar-refractivity contribution in [2.75, 3.05) is 12.4 Å². The molecule has 1 aromatic heterocycles. The Morgan fingerprint density at radius 1 is 1.26 bits per heavy atom. The molecule has 1 unspecified atom stereocenters. The van der Waals surface area contributed by atoms with Crippen molar-refractivity contribution in [1.82, 2.24) is 4.98 Å². The van der Waals surface area contributed by atoms with Crippen molar-refractivity contribution in [3.63, 3.8) is 0 Å². The fraction of sp³-hybridized carbons (Fsp3) is 0.333. The molecule has 0 aliphatic heterocycles. The molecule has 0 spiro atoms. The van der Waals surface area contributed by atoms with E-state index in [1.54, 1.807) is 6.20 Å². The average molecular weight is 258 g/mol. The van der Waals surface area contributed by atoms with Crippen LogP contribution >= 0.6 is 0 Å². The second kappa shape index (κ2) is 5.69. The van der Waals surface area contributed by atoms with E-state index in [-0.39, 0.29) is 11.9 Å². The van der Waals surface area contributed by atoms with Gasteiger partial charge in [0.1, 0.15) is 11.9 Å². The molecule has 1 aromatic carbocycles. The number of hydrogen-bond donors (Lipinski definition) is 1. The van der Waals surface area contributed by atoms with E-state index >= 15 is 0 Å². The topological polar surface area (TPSA) is 51.2 Å². The van der Waals surface area contributed by atoms with Gasteiger partial charge in [-0.25, -0.2) is 9.78 Å². The normalized spacial score (nSPS) is 12.4. The maximum Gasteiger partial charge on any atom is 0.328 e. The van der Waals surface area contributed by atoms with Gasteiger partial charge in [-0.2, -0.15) is 0 Å². The third-order valence-corrected chi connectivity index (χ3v) is 3.09. The van der Waals surface area contributed by atoms with Crippen molar-refractivity contribution in [2.24, 2.45) is 5.92 Å². The number of nitrogens with one attached hydrogen (secondary N) is 1. The number of carbonyl (C=O) groups excluding carboxylic acids is 1. The molecule has 0 aliphatic carbocycles. The summed E-state index contributed by atoms with van der Waals surface area (Å²) in [6, 6.07) is 9.49. The lowest BCUT2D eigenvalue weighted by atomic mass is 10.0. The number of rotatable bonds is 4. The molecule has 1 atom stereocenters. The summed E-state index contributed by atoms with van der Waals surface area (Å²) in [4.78, 5) is 16.1. The molecule has 0 aliphatic rings. The van der Waals surface area contributed by atoms with Crippen LogP contribution in [-0.2, 0) is 9.53 Å². The molecular weight excluding hydrogens is 240 g/mol. The molecule has 1 heterocycles. The minimum atomic E-state index is -0.400. The molecule has 19 heavy (non-hydrogen) atoms. The van der Waals surface area contributed by atoms with E-state index in [1.165, 1.54) is 7.11 Å². The molecule has 0 fully saturated rings. The SMILES string of the molecule is COC(=O)C(Nc1nccc2ccccc12)C(C)C. The van der Waals surface area contributed by atoms with E-state index in [0.29, 0.717) is 5.82 Å². The van der Waals surface area contributed by atoms with E-state index in [2.05, 4.69) is 10.3 Å². The molecule has 0 saturated heterocycles. The quantitative estimate of drug-likeness (QED) is 0.857. The van der Waals surface area contributed by atoms with Crippen LogP contribution in [-0.4, -0.2) is 24.1 Å². The van der Waals surface area contributed by atoms with Crippen LogP contribution in [0.25, 0.3) is 10.8 Å². The summed E-state index contributed by atoms with van der Waals surface area (Å²) in [5.41, 5.74) is 0. The Hall–Kier alpha value is -2.10. The Balaban J connectivity index is 2.36. The number of methoxy groups -OCH3 is 1. The lowest BCUT2D eigenvalue weighted by molar-refractivity contribution is -0.142. The van der Waals surface area contributed by atoms with Gasteiger partial charge in [0.05, 0.1) is 7.11 Å². The highest BCUT2D eigenvalue weighted by Gasteiger charge is 2.23. The van der Waals surface area contributed by atoms with Gasteiger partial charge in [-0.15, -0.1) is 0 Å². The Labute approximate surface area is 112 Å². The number of ether oxygens (including phenoxy) is 1. The summed E-state index contributed by atoms with van der Waals surface area (Å²) in [6.45, 7) is 3.94. The van der Waals surface area contributed by atoms with Crippen molar-refractivity contribution >= 4 is 22.6 Å². The summed E-state index contributed by atoms with van der Waals surface area (Å²) in [5.74, 6) is 0.556. The lowest BCUT2D eigenvalue weighted by Gasteiger charge is -2.21. The molecule has 0 amide bonds. The summed E-state index contributed by atoms with van der Waals surface area (Å²) in [5, 5.41) is 5.28. The number of anilines is 1. The molecule has 0 bridgehead atoms. The van der Waals surface area contributed by atoms with Crippen LogP contribution in [0.3, 0.4) is 0 Å². The molecular formula is C15H18N2O2. The molecule has 2 rings (SSSR count). The first kappa shape index (κ1) is 13.3. The molecule has 4 nitrogen and oxygen atoms in total. The summed E-state index contributed by atoms with van der Waals surface area (Å²) >= 11 is 0. The zero-order valence-corrected chi connectivity index (χ0v) is 11.4. The van der Waals surface area contributed by atoms with Crippen LogP contribution in [0.2, 0.25) is 0 Å². The highest BCUT2D eigenvalue weighted by atomic mass is 16.5. The Morgan fingerprint density at radius 2 is 2.00 bits per heavy atom. The lowest BCUT2D eigenvalue weighted by Crippen LogP contribution is -2.35. The standard InChI is InChI=1S/C15H18N2O2/c1-10(2)13(15(18)19-3)17-14-12-7-5-4-6-11(12)8-9-16-14/h4-10,13H,1-3H3,(H,16,17). The Bertz CT molecular complexity index is 576. The molecule has 2 aromatic rings. The number of fused-ring (bicyclic) bond motifs is 1.